The summed E-state index contributed by atoms with van der Waals surface area (Å²) in [6.07, 6.45) is 1.05. The Labute approximate surface area is 202 Å². The summed E-state index contributed by atoms with van der Waals surface area (Å²) in [5.41, 5.74) is 1.83. The van der Waals surface area contributed by atoms with E-state index in [4.69, 9.17) is 0 Å². The summed E-state index contributed by atoms with van der Waals surface area (Å²) >= 11 is 0. The highest BCUT2D eigenvalue weighted by Crippen LogP contribution is 2.29. The molecule has 1 atom stereocenters. The molecule has 0 fully saturated rings. The van der Waals surface area contributed by atoms with E-state index in [-0.39, 0.29) is 24.4 Å². The van der Waals surface area contributed by atoms with Gasteiger partial charge in [-0.15, -0.1) is 0 Å². The molecule has 0 aliphatic rings. The summed E-state index contributed by atoms with van der Waals surface area (Å²) < 4.78 is 40.0. The predicted molar refractivity (Wildman–Crippen MR) is 132 cm³/mol. The van der Waals surface area contributed by atoms with E-state index in [0.717, 1.165) is 16.1 Å². The number of amides is 2. The van der Waals surface area contributed by atoms with Gasteiger partial charge in [0.25, 0.3) is 0 Å². The topological polar surface area (TPSA) is 86.8 Å². The Hall–Kier alpha value is -2.94. The SMILES string of the molecule is CC(C)NC(=O)[C@@H](C)N(Cc1ccc(F)cc1)C(=O)CN(c1ccccc1C(C)C)S(C)(=O)=O. The summed E-state index contributed by atoms with van der Waals surface area (Å²) in [7, 11) is -3.81. The number of hydrogen-bond donors (Lipinski definition) is 1. The van der Waals surface area contributed by atoms with Gasteiger partial charge in [0, 0.05) is 12.6 Å². The molecule has 7 nitrogen and oxygen atoms in total. The third-order valence-electron chi connectivity index (χ3n) is 5.37. The third-order valence-corrected chi connectivity index (χ3v) is 6.50. The van der Waals surface area contributed by atoms with E-state index in [2.05, 4.69) is 5.32 Å². The molecule has 0 bridgehead atoms. The van der Waals surface area contributed by atoms with Crippen LogP contribution in [0, 0.1) is 5.82 Å². The van der Waals surface area contributed by atoms with Crippen molar-refractivity contribution in [3.63, 3.8) is 0 Å². The van der Waals surface area contributed by atoms with Crippen LogP contribution < -0.4 is 9.62 Å². The summed E-state index contributed by atoms with van der Waals surface area (Å²) in [6.45, 7) is 8.65. The van der Waals surface area contributed by atoms with Crippen LogP contribution in [0.2, 0.25) is 0 Å². The molecule has 0 saturated carbocycles. The first kappa shape index (κ1) is 27.3. The van der Waals surface area contributed by atoms with Crippen molar-refractivity contribution in [3.8, 4) is 0 Å². The Morgan fingerprint density at radius 1 is 0.971 bits per heavy atom. The lowest BCUT2D eigenvalue weighted by molar-refractivity contribution is -0.139. The third kappa shape index (κ3) is 7.28. The summed E-state index contributed by atoms with van der Waals surface area (Å²) in [4.78, 5) is 27.6. The maximum atomic E-state index is 13.5. The lowest BCUT2D eigenvalue weighted by Gasteiger charge is -2.32. The molecule has 0 heterocycles. The predicted octanol–water partition coefficient (Wildman–Crippen LogP) is 3.66. The number of hydrogen-bond acceptors (Lipinski definition) is 4. The minimum atomic E-state index is -3.81. The fraction of sp³-hybridized carbons (Fsp3) is 0.440. The molecule has 2 aromatic carbocycles. The van der Waals surface area contributed by atoms with Crippen molar-refractivity contribution >= 4 is 27.5 Å². The van der Waals surface area contributed by atoms with Crippen LogP contribution in [0.25, 0.3) is 0 Å². The summed E-state index contributed by atoms with van der Waals surface area (Å²) in [5, 5.41) is 2.79. The molecule has 34 heavy (non-hydrogen) atoms. The van der Waals surface area contributed by atoms with Gasteiger partial charge in [0.1, 0.15) is 18.4 Å². The van der Waals surface area contributed by atoms with Crippen molar-refractivity contribution in [2.75, 3.05) is 17.1 Å². The number of anilines is 1. The largest absolute Gasteiger partial charge is 0.352 e. The molecule has 2 amide bonds. The average molecular weight is 492 g/mol. The van der Waals surface area contributed by atoms with Crippen molar-refractivity contribution in [2.24, 2.45) is 0 Å². The second-order valence-electron chi connectivity index (χ2n) is 8.97. The summed E-state index contributed by atoms with van der Waals surface area (Å²) in [5.74, 6) is -1.29. The van der Waals surface area contributed by atoms with Gasteiger partial charge in [0.2, 0.25) is 21.8 Å². The number of nitrogens with one attached hydrogen (secondary N) is 1. The minimum absolute atomic E-state index is 0.0230. The fourth-order valence-corrected chi connectivity index (χ4v) is 4.44. The number of nitrogens with zero attached hydrogens (tertiary/aromatic N) is 2. The van der Waals surface area contributed by atoms with Crippen molar-refractivity contribution < 1.29 is 22.4 Å². The number of halogens is 1. The second-order valence-corrected chi connectivity index (χ2v) is 10.9. The number of carbonyl (C=O) groups excluding carboxylic acids is 2. The van der Waals surface area contributed by atoms with E-state index in [9.17, 15) is 22.4 Å². The molecule has 9 heteroatoms. The smallest absolute Gasteiger partial charge is 0.244 e. The van der Waals surface area contributed by atoms with Gasteiger partial charge in [-0.05, 0) is 56.0 Å². The van der Waals surface area contributed by atoms with Crippen LogP contribution in [0.4, 0.5) is 10.1 Å². The zero-order chi connectivity index (χ0) is 25.6. The normalized spacial score (nSPS) is 12.5. The lowest BCUT2D eigenvalue weighted by Crippen LogP contribution is -2.52. The van der Waals surface area contributed by atoms with Gasteiger partial charge in [0.15, 0.2) is 0 Å². The monoisotopic (exact) mass is 491 g/mol. The van der Waals surface area contributed by atoms with Crippen LogP contribution in [0.1, 0.15) is 51.7 Å². The fourth-order valence-electron chi connectivity index (χ4n) is 3.57. The van der Waals surface area contributed by atoms with Gasteiger partial charge in [0.05, 0.1) is 11.9 Å². The molecule has 0 spiro atoms. The Morgan fingerprint density at radius 3 is 2.09 bits per heavy atom. The number of benzene rings is 2. The molecule has 0 unspecified atom stereocenters. The number of rotatable bonds is 10. The maximum absolute atomic E-state index is 13.5. The average Bonchev–Trinajstić information content (AvgIpc) is 2.75. The first-order valence-electron chi connectivity index (χ1n) is 11.2. The van der Waals surface area contributed by atoms with E-state index in [1.54, 1.807) is 19.1 Å². The van der Waals surface area contributed by atoms with Gasteiger partial charge in [-0.1, -0.05) is 44.2 Å². The number of carbonyl (C=O) groups is 2. The molecule has 2 rings (SSSR count). The van der Waals surface area contributed by atoms with Gasteiger partial charge in [-0.3, -0.25) is 13.9 Å². The van der Waals surface area contributed by atoms with Gasteiger partial charge in [-0.2, -0.15) is 0 Å². The van der Waals surface area contributed by atoms with Crippen LogP contribution >= 0.6 is 0 Å². The van der Waals surface area contributed by atoms with Crippen LogP contribution in [0.5, 0.6) is 0 Å². The molecule has 0 radical (unpaired) electrons. The first-order chi connectivity index (χ1) is 15.8. The highest BCUT2D eigenvalue weighted by atomic mass is 32.2. The molecule has 2 aromatic rings. The van der Waals surface area contributed by atoms with Crippen molar-refractivity contribution in [2.45, 2.75) is 59.2 Å². The maximum Gasteiger partial charge on any atom is 0.244 e. The Balaban J connectivity index is 2.45. The molecular weight excluding hydrogens is 457 g/mol. The molecule has 0 aromatic heterocycles. The molecule has 186 valence electrons. The minimum Gasteiger partial charge on any atom is -0.352 e. The van der Waals surface area contributed by atoms with Crippen LogP contribution in [0.3, 0.4) is 0 Å². The van der Waals surface area contributed by atoms with Gasteiger partial charge in [-0.25, -0.2) is 12.8 Å². The molecule has 1 N–H and O–H groups in total. The lowest BCUT2D eigenvalue weighted by atomic mass is 10.0. The van der Waals surface area contributed by atoms with Crippen molar-refractivity contribution in [1.82, 2.24) is 10.2 Å². The Kier molecular flexibility index (Phi) is 9.21. The molecule has 0 aliphatic heterocycles. The van der Waals surface area contributed by atoms with E-state index in [1.807, 2.05) is 39.8 Å². The van der Waals surface area contributed by atoms with Crippen LogP contribution in [0.15, 0.2) is 48.5 Å². The Morgan fingerprint density at radius 2 is 1.56 bits per heavy atom. The van der Waals surface area contributed by atoms with Gasteiger partial charge >= 0.3 is 0 Å². The molecule has 0 saturated heterocycles. The van der Waals surface area contributed by atoms with E-state index in [1.165, 1.54) is 29.2 Å². The van der Waals surface area contributed by atoms with E-state index >= 15 is 0 Å². The standard InChI is InChI=1S/C25H34FN3O4S/c1-17(2)22-9-7-8-10-23(22)29(34(6,32)33)16-24(30)28(19(5)25(31)27-18(3)4)15-20-11-13-21(26)14-12-20/h7-14,17-19H,15-16H2,1-6H3,(H,27,31)/t19-/m1/s1. The van der Waals surface area contributed by atoms with Crippen LogP contribution in [-0.2, 0) is 26.2 Å². The number of sulfonamides is 1. The first-order valence-corrected chi connectivity index (χ1v) is 13.1. The van der Waals surface area contributed by atoms with E-state index < -0.39 is 34.3 Å². The Bertz CT molecular complexity index is 1100. The second kappa shape index (κ2) is 11.5. The summed E-state index contributed by atoms with van der Waals surface area (Å²) in [6, 6.07) is 11.7. The van der Waals surface area contributed by atoms with Crippen LogP contribution in [-0.4, -0.2) is 50.0 Å². The quantitative estimate of drug-likeness (QED) is 0.550. The zero-order valence-electron chi connectivity index (χ0n) is 20.6. The zero-order valence-corrected chi connectivity index (χ0v) is 21.4. The van der Waals surface area contributed by atoms with Gasteiger partial charge < -0.3 is 10.2 Å². The number of para-hydroxylation sites is 1. The molecular formula is C25H34FN3O4S. The van der Waals surface area contributed by atoms with E-state index in [0.29, 0.717) is 11.3 Å². The highest BCUT2D eigenvalue weighted by Gasteiger charge is 2.31. The van der Waals surface area contributed by atoms with Crippen molar-refractivity contribution in [3.05, 3.63) is 65.5 Å². The highest BCUT2D eigenvalue weighted by molar-refractivity contribution is 7.92. The van der Waals surface area contributed by atoms with Crippen molar-refractivity contribution in [1.29, 1.82) is 0 Å². The molecule has 0 aliphatic carbocycles.